The van der Waals surface area contributed by atoms with Crippen LogP contribution in [0.15, 0.2) is 60.7 Å². The topological polar surface area (TPSA) is 80.6 Å². The summed E-state index contributed by atoms with van der Waals surface area (Å²) in [5, 5.41) is 13.6. The Morgan fingerprint density at radius 3 is 2.33 bits per heavy atom. The molecule has 3 aromatic carbocycles. The largest absolute Gasteiger partial charge is 0.496 e. The number of rotatable bonds is 9. The van der Waals surface area contributed by atoms with Crippen LogP contribution < -0.4 is 10.1 Å². The Hall–Kier alpha value is -4.06. The summed E-state index contributed by atoms with van der Waals surface area (Å²) < 4.78 is 7.91. The molecule has 0 fully saturated rings. The smallest absolute Gasteiger partial charge is 0.313 e. The average Bonchev–Trinajstić information content (AvgIpc) is 3.15. The fourth-order valence-electron chi connectivity index (χ4n) is 5.05. The molecule has 0 aliphatic rings. The molecule has 2 N–H and O–H groups in total. The molecule has 0 radical (unpaired) electrons. The van der Waals surface area contributed by atoms with Crippen molar-refractivity contribution in [2.24, 2.45) is 0 Å². The predicted molar refractivity (Wildman–Crippen MR) is 156 cm³/mol. The van der Waals surface area contributed by atoms with E-state index in [9.17, 15) is 14.7 Å². The average molecular weight is 527 g/mol. The summed E-state index contributed by atoms with van der Waals surface area (Å²) >= 11 is 0. The van der Waals surface area contributed by atoms with Crippen molar-refractivity contribution in [3.8, 4) is 5.75 Å². The van der Waals surface area contributed by atoms with Crippen LogP contribution >= 0.6 is 0 Å². The van der Waals surface area contributed by atoms with Crippen LogP contribution in [-0.4, -0.2) is 28.7 Å². The number of para-hydroxylation sites is 1. The summed E-state index contributed by atoms with van der Waals surface area (Å²) in [7, 11) is 1.67. The highest BCUT2D eigenvalue weighted by atomic mass is 16.5. The van der Waals surface area contributed by atoms with E-state index in [4.69, 9.17) is 4.74 Å². The van der Waals surface area contributed by atoms with Gasteiger partial charge in [0.25, 0.3) is 5.91 Å². The molecular weight excluding hydrogens is 488 g/mol. The Morgan fingerprint density at radius 2 is 1.72 bits per heavy atom. The number of aromatic nitrogens is 1. The van der Waals surface area contributed by atoms with Crippen molar-refractivity contribution >= 4 is 22.8 Å². The number of aliphatic carboxylic acids is 1. The van der Waals surface area contributed by atoms with Crippen molar-refractivity contribution < 1.29 is 19.4 Å². The molecule has 39 heavy (non-hydrogen) atoms. The summed E-state index contributed by atoms with van der Waals surface area (Å²) in [5.74, 6) is 0.172. The predicted octanol–water partition coefficient (Wildman–Crippen LogP) is 6.73. The molecule has 1 aromatic heterocycles. The number of hydrogen-bond donors (Lipinski definition) is 2. The molecule has 0 atom stereocenters. The molecule has 0 bridgehead atoms. The third-order valence-electron chi connectivity index (χ3n) is 7.84. The minimum Gasteiger partial charge on any atom is -0.496 e. The van der Waals surface area contributed by atoms with Gasteiger partial charge in [0.15, 0.2) is 0 Å². The normalized spacial score (nSPS) is 11.7. The number of hydrogen-bond acceptors (Lipinski definition) is 3. The first-order valence-corrected chi connectivity index (χ1v) is 13.3. The Balaban J connectivity index is 1.56. The quantitative estimate of drug-likeness (QED) is 0.253. The second-order valence-electron chi connectivity index (χ2n) is 11.0. The van der Waals surface area contributed by atoms with Crippen LogP contribution in [-0.2, 0) is 23.3 Å². The van der Waals surface area contributed by atoms with E-state index in [1.807, 2.05) is 54.6 Å². The molecule has 6 heteroatoms. The molecule has 0 saturated carbocycles. The maximum Gasteiger partial charge on any atom is 0.313 e. The summed E-state index contributed by atoms with van der Waals surface area (Å²) in [4.78, 5) is 24.7. The van der Waals surface area contributed by atoms with E-state index >= 15 is 0 Å². The lowest BCUT2D eigenvalue weighted by molar-refractivity contribution is -0.142. The Morgan fingerprint density at radius 1 is 1.03 bits per heavy atom. The molecule has 6 nitrogen and oxygen atoms in total. The van der Waals surface area contributed by atoms with Crippen molar-refractivity contribution in [2.75, 3.05) is 7.11 Å². The second kappa shape index (κ2) is 11.0. The summed E-state index contributed by atoms with van der Waals surface area (Å²) in [6.45, 7) is 12.9. The van der Waals surface area contributed by atoms with Gasteiger partial charge in [0, 0.05) is 40.8 Å². The molecule has 0 unspecified atom stereocenters. The van der Waals surface area contributed by atoms with Crippen molar-refractivity contribution in [2.45, 2.75) is 66.0 Å². The van der Waals surface area contributed by atoms with E-state index in [1.165, 1.54) is 0 Å². The van der Waals surface area contributed by atoms with Gasteiger partial charge in [0.05, 0.1) is 12.5 Å². The number of carbonyl (C=O) groups is 2. The standard InChI is InChI=1S/C33H38N2O4/c1-20(2)27-10-8-9-25(30(27)39-7)18-34-31(36)24-13-16-29-28(17-24)21(3)22(4)35(29)19-23-11-14-26(15-12-23)33(5,6)32(37)38/h8-17,20H,18-19H2,1-7H3,(H,34,36)(H,37,38). The van der Waals surface area contributed by atoms with E-state index in [1.54, 1.807) is 21.0 Å². The maximum atomic E-state index is 13.1. The molecule has 0 aliphatic carbocycles. The van der Waals surface area contributed by atoms with Gasteiger partial charge in [-0.3, -0.25) is 9.59 Å². The Bertz CT molecular complexity index is 1530. The summed E-state index contributed by atoms with van der Waals surface area (Å²) in [6.07, 6.45) is 0. The molecule has 0 spiro atoms. The first-order chi connectivity index (χ1) is 18.4. The van der Waals surface area contributed by atoms with Gasteiger partial charge in [0.1, 0.15) is 5.75 Å². The number of fused-ring (bicyclic) bond motifs is 1. The van der Waals surface area contributed by atoms with Crippen LogP contribution in [0.4, 0.5) is 0 Å². The molecule has 1 heterocycles. The zero-order valence-electron chi connectivity index (χ0n) is 23.9. The number of ether oxygens (including phenoxy) is 1. The van der Waals surface area contributed by atoms with Gasteiger partial charge in [-0.2, -0.15) is 0 Å². The van der Waals surface area contributed by atoms with Gasteiger partial charge in [-0.15, -0.1) is 0 Å². The minimum absolute atomic E-state index is 0.129. The fraction of sp³-hybridized carbons (Fsp3) is 0.333. The molecule has 0 saturated heterocycles. The molecular formula is C33H38N2O4. The van der Waals surface area contributed by atoms with Gasteiger partial charge in [-0.05, 0) is 74.1 Å². The summed E-state index contributed by atoms with van der Waals surface area (Å²) in [6, 6.07) is 19.7. The van der Waals surface area contributed by atoms with Gasteiger partial charge >= 0.3 is 5.97 Å². The number of benzene rings is 3. The van der Waals surface area contributed by atoms with Gasteiger partial charge < -0.3 is 19.7 Å². The highest BCUT2D eigenvalue weighted by Gasteiger charge is 2.29. The van der Waals surface area contributed by atoms with Gasteiger partial charge in [-0.25, -0.2) is 0 Å². The fourth-order valence-corrected chi connectivity index (χ4v) is 5.05. The number of nitrogens with zero attached hydrogens (tertiary/aromatic N) is 1. The number of amides is 1. The third kappa shape index (κ3) is 5.42. The van der Waals surface area contributed by atoms with Crippen molar-refractivity contribution in [1.29, 1.82) is 0 Å². The zero-order chi connectivity index (χ0) is 28.5. The maximum absolute atomic E-state index is 13.1. The highest BCUT2D eigenvalue weighted by molar-refractivity contribution is 5.99. The Labute approximate surface area is 230 Å². The molecule has 4 rings (SSSR count). The lowest BCUT2D eigenvalue weighted by atomic mass is 9.84. The van der Waals surface area contributed by atoms with E-state index in [-0.39, 0.29) is 5.91 Å². The molecule has 0 aliphatic heterocycles. The first kappa shape index (κ1) is 28.0. The van der Waals surface area contributed by atoms with E-state index in [0.29, 0.717) is 24.6 Å². The number of carbonyl (C=O) groups excluding carboxylic acids is 1. The van der Waals surface area contributed by atoms with E-state index in [2.05, 4.69) is 43.6 Å². The van der Waals surface area contributed by atoms with Crippen LogP contribution in [0.25, 0.3) is 10.9 Å². The van der Waals surface area contributed by atoms with E-state index in [0.717, 1.165) is 50.2 Å². The van der Waals surface area contributed by atoms with Crippen LogP contribution in [0.1, 0.15) is 77.5 Å². The number of methoxy groups -OCH3 is 1. The van der Waals surface area contributed by atoms with Crippen LogP contribution in [0.3, 0.4) is 0 Å². The third-order valence-corrected chi connectivity index (χ3v) is 7.84. The molecule has 204 valence electrons. The lowest BCUT2D eigenvalue weighted by Crippen LogP contribution is -2.28. The first-order valence-electron chi connectivity index (χ1n) is 13.3. The lowest BCUT2D eigenvalue weighted by Gasteiger charge is -2.20. The number of nitrogens with one attached hydrogen (secondary N) is 1. The molecule has 4 aromatic rings. The number of carboxylic acids is 1. The van der Waals surface area contributed by atoms with Crippen LogP contribution in [0, 0.1) is 13.8 Å². The monoisotopic (exact) mass is 526 g/mol. The van der Waals surface area contributed by atoms with Gasteiger partial charge in [0.2, 0.25) is 0 Å². The SMILES string of the molecule is COc1c(CNC(=O)c2ccc3c(c2)c(C)c(C)n3Cc2ccc(C(C)(C)C(=O)O)cc2)cccc1C(C)C. The molecule has 1 amide bonds. The number of aryl methyl sites for hydroxylation is 1. The van der Waals surface area contributed by atoms with Crippen LogP contribution in [0.2, 0.25) is 0 Å². The Kier molecular flexibility index (Phi) is 7.86. The van der Waals surface area contributed by atoms with Crippen molar-refractivity contribution in [3.05, 3.63) is 99.7 Å². The zero-order valence-corrected chi connectivity index (χ0v) is 23.9. The van der Waals surface area contributed by atoms with Crippen molar-refractivity contribution in [3.63, 3.8) is 0 Å². The van der Waals surface area contributed by atoms with E-state index < -0.39 is 11.4 Å². The van der Waals surface area contributed by atoms with Crippen LogP contribution in [0.5, 0.6) is 5.75 Å². The van der Waals surface area contributed by atoms with Gasteiger partial charge in [-0.1, -0.05) is 56.3 Å². The summed E-state index contributed by atoms with van der Waals surface area (Å²) in [5.41, 5.74) is 6.93. The second-order valence-corrected chi connectivity index (χ2v) is 11.0. The van der Waals surface area contributed by atoms with Crippen molar-refractivity contribution in [1.82, 2.24) is 9.88 Å². The minimum atomic E-state index is -0.940. The highest BCUT2D eigenvalue weighted by Crippen LogP contribution is 2.31. The number of carboxylic acid groups (broad SMARTS) is 1.